The van der Waals surface area contributed by atoms with Crippen molar-refractivity contribution in [3.05, 3.63) is 75.1 Å². The number of hydrazine groups is 2. The largest absolute Gasteiger partial charge is 0.497 e. The van der Waals surface area contributed by atoms with Crippen LogP contribution in [0.1, 0.15) is 23.6 Å². The Hall–Kier alpha value is -2.59. The van der Waals surface area contributed by atoms with Crippen molar-refractivity contribution in [2.75, 3.05) is 7.11 Å². The number of ether oxygens (including phenoxy) is 1. The van der Waals surface area contributed by atoms with E-state index in [0.29, 0.717) is 6.54 Å². The predicted octanol–water partition coefficient (Wildman–Crippen LogP) is 3.23. The summed E-state index contributed by atoms with van der Waals surface area (Å²) in [4.78, 5) is 0. The molecule has 0 saturated heterocycles. The Morgan fingerprint density at radius 2 is 1.75 bits per heavy atom. The first-order chi connectivity index (χ1) is 13.7. The van der Waals surface area contributed by atoms with Gasteiger partial charge in [0, 0.05) is 0 Å². The molecule has 7 nitrogen and oxygen atoms in total. The quantitative estimate of drug-likeness (QED) is 0.522. The summed E-state index contributed by atoms with van der Waals surface area (Å²) in [6.07, 6.45) is 2.88. The molecule has 0 fully saturated rings. The van der Waals surface area contributed by atoms with Crippen LogP contribution in [-0.2, 0) is 13.0 Å². The maximum absolute atomic E-state index is 5.23. The number of aryl methyl sites for hydroxylation is 1. The molecule has 1 aliphatic rings. The number of hydrogen-bond donors (Lipinski definition) is 2. The third kappa shape index (κ3) is 3.69. The fourth-order valence-electron chi connectivity index (χ4n) is 3.02. The molecule has 0 amide bonds. The van der Waals surface area contributed by atoms with Crippen molar-refractivity contribution in [1.82, 2.24) is 25.9 Å². The summed E-state index contributed by atoms with van der Waals surface area (Å²) >= 11 is 2.32. The molecule has 0 spiro atoms. The van der Waals surface area contributed by atoms with E-state index in [9.17, 15) is 0 Å². The lowest BCUT2D eigenvalue weighted by Crippen LogP contribution is -2.40. The molecule has 3 aromatic rings. The summed E-state index contributed by atoms with van der Waals surface area (Å²) < 4.78 is 8.16. The molecule has 0 saturated carbocycles. The van der Waals surface area contributed by atoms with Crippen molar-refractivity contribution in [1.29, 1.82) is 0 Å². The molecule has 0 bridgehead atoms. The summed E-state index contributed by atoms with van der Waals surface area (Å²) in [6, 6.07) is 16.5. The first-order valence-corrected chi connectivity index (χ1v) is 10.1. The Kier molecular flexibility index (Phi) is 5.49. The normalized spacial score (nSPS) is 13.4. The van der Waals surface area contributed by atoms with Crippen LogP contribution < -0.4 is 15.8 Å². The zero-order valence-corrected chi connectivity index (χ0v) is 17.8. The fourth-order valence-corrected chi connectivity index (χ4v) is 3.81. The van der Waals surface area contributed by atoms with Crippen LogP contribution in [0.4, 0.5) is 0 Å². The average Bonchev–Trinajstić information content (AvgIpc) is 3.34. The minimum atomic E-state index is 0.655. The maximum Gasteiger partial charge on any atom is 0.177 e. The molecule has 4 rings (SSSR count). The zero-order valence-electron chi connectivity index (χ0n) is 15.7. The third-order valence-corrected chi connectivity index (χ3v) is 5.68. The topological polar surface area (TPSA) is 66.7 Å². The Morgan fingerprint density at radius 1 is 1.04 bits per heavy atom. The Morgan fingerprint density at radius 3 is 2.43 bits per heavy atom. The molecule has 0 atom stereocenters. The van der Waals surface area contributed by atoms with E-state index >= 15 is 0 Å². The van der Waals surface area contributed by atoms with Crippen LogP contribution in [0.5, 0.6) is 5.75 Å². The summed E-state index contributed by atoms with van der Waals surface area (Å²) in [7, 11) is 1.67. The summed E-state index contributed by atoms with van der Waals surface area (Å²) in [5.74, 6) is 1.65. The number of hydrazone groups is 1. The Labute approximate surface area is 177 Å². The Balaban J connectivity index is 1.56. The van der Waals surface area contributed by atoms with Gasteiger partial charge in [0.2, 0.25) is 0 Å². The Bertz CT molecular complexity index is 981. The van der Waals surface area contributed by atoms with E-state index in [1.807, 2.05) is 40.2 Å². The second kappa shape index (κ2) is 8.19. The lowest BCUT2D eigenvalue weighted by atomic mass is 10.1. The molecule has 2 heterocycles. The minimum Gasteiger partial charge on any atom is -0.497 e. The first kappa shape index (κ1) is 18.8. The molecule has 2 N–H and O–H groups in total. The standard InChI is InChI=1S/C20H21IN6O/c1-3-14-4-8-16(9-5-14)27-19(21)18(12-22-27)20-23-24-25-26(20)13-15-6-10-17(28-2)11-7-15/h4-12,24-25H,3,13H2,1-2H3. The number of methoxy groups -OCH3 is 1. The number of nitrogens with zero attached hydrogens (tertiary/aromatic N) is 4. The van der Waals surface area contributed by atoms with E-state index in [4.69, 9.17) is 4.74 Å². The monoisotopic (exact) mass is 488 g/mol. The van der Waals surface area contributed by atoms with E-state index in [1.54, 1.807) is 7.11 Å². The van der Waals surface area contributed by atoms with Crippen molar-refractivity contribution < 1.29 is 4.74 Å². The van der Waals surface area contributed by atoms with Crippen LogP contribution in [0.15, 0.2) is 59.8 Å². The molecule has 144 valence electrons. The molecule has 1 aliphatic heterocycles. The average molecular weight is 488 g/mol. The van der Waals surface area contributed by atoms with Gasteiger partial charge in [-0.2, -0.15) is 5.10 Å². The van der Waals surface area contributed by atoms with Gasteiger partial charge in [-0.15, -0.1) is 10.6 Å². The lowest BCUT2D eigenvalue weighted by molar-refractivity contribution is 0.288. The van der Waals surface area contributed by atoms with Crippen molar-refractivity contribution in [2.45, 2.75) is 19.9 Å². The highest BCUT2D eigenvalue weighted by Gasteiger charge is 2.24. The molecular weight excluding hydrogens is 467 g/mol. The minimum absolute atomic E-state index is 0.655. The van der Waals surface area contributed by atoms with E-state index in [1.165, 1.54) is 5.56 Å². The number of hydrogen-bond acceptors (Lipinski definition) is 6. The highest BCUT2D eigenvalue weighted by molar-refractivity contribution is 14.1. The van der Waals surface area contributed by atoms with Crippen molar-refractivity contribution in [2.24, 2.45) is 5.10 Å². The molecule has 0 aliphatic carbocycles. The van der Waals surface area contributed by atoms with E-state index in [2.05, 4.69) is 75.0 Å². The van der Waals surface area contributed by atoms with Gasteiger partial charge >= 0.3 is 0 Å². The van der Waals surface area contributed by atoms with Crippen molar-refractivity contribution >= 4 is 28.4 Å². The summed E-state index contributed by atoms with van der Waals surface area (Å²) in [5, 5.41) is 11.0. The van der Waals surface area contributed by atoms with Crippen LogP contribution in [-0.4, -0.2) is 27.7 Å². The number of halogens is 1. The van der Waals surface area contributed by atoms with E-state index in [0.717, 1.165) is 38.5 Å². The lowest BCUT2D eigenvalue weighted by Gasteiger charge is -2.18. The van der Waals surface area contributed by atoms with Crippen LogP contribution in [0.3, 0.4) is 0 Å². The van der Waals surface area contributed by atoms with Gasteiger partial charge in [-0.05, 0) is 64.4 Å². The van der Waals surface area contributed by atoms with Gasteiger partial charge in [0.1, 0.15) is 9.45 Å². The highest BCUT2D eigenvalue weighted by atomic mass is 127. The number of rotatable bonds is 6. The summed E-state index contributed by atoms with van der Waals surface area (Å²) in [6.45, 7) is 2.81. The maximum atomic E-state index is 5.23. The molecule has 8 heteroatoms. The molecule has 0 unspecified atom stereocenters. The highest BCUT2D eigenvalue weighted by Crippen LogP contribution is 2.21. The van der Waals surface area contributed by atoms with Crippen LogP contribution >= 0.6 is 22.6 Å². The van der Waals surface area contributed by atoms with E-state index < -0.39 is 0 Å². The first-order valence-electron chi connectivity index (χ1n) is 9.01. The van der Waals surface area contributed by atoms with Gasteiger partial charge < -0.3 is 4.74 Å². The number of nitrogens with one attached hydrogen (secondary N) is 2. The van der Waals surface area contributed by atoms with Crippen molar-refractivity contribution in [3.8, 4) is 11.4 Å². The SMILES string of the molecule is CCc1ccc(-n2ncc(C3=NNNN3Cc3ccc(OC)cc3)c2I)cc1. The second-order valence-electron chi connectivity index (χ2n) is 6.37. The van der Waals surface area contributed by atoms with Gasteiger partial charge in [-0.25, -0.2) is 10.2 Å². The van der Waals surface area contributed by atoms with Gasteiger partial charge in [0.05, 0.1) is 31.1 Å². The second-order valence-corrected chi connectivity index (χ2v) is 7.40. The van der Waals surface area contributed by atoms with Crippen LogP contribution in [0.25, 0.3) is 5.69 Å². The molecule has 0 radical (unpaired) electrons. The molecule has 2 aromatic carbocycles. The summed E-state index contributed by atoms with van der Waals surface area (Å²) in [5.41, 5.74) is 10.4. The third-order valence-electron chi connectivity index (χ3n) is 4.64. The van der Waals surface area contributed by atoms with Gasteiger partial charge in [-0.1, -0.05) is 31.2 Å². The molecule has 28 heavy (non-hydrogen) atoms. The smallest absolute Gasteiger partial charge is 0.177 e. The van der Waals surface area contributed by atoms with Gasteiger partial charge in [-0.3, -0.25) is 5.01 Å². The van der Waals surface area contributed by atoms with Crippen molar-refractivity contribution in [3.63, 3.8) is 0 Å². The molecular formula is C20H21IN6O. The van der Waals surface area contributed by atoms with Gasteiger partial charge in [0.15, 0.2) is 5.84 Å². The van der Waals surface area contributed by atoms with Crippen LogP contribution in [0, 0.1) is 3.70 Å². The number of aromatic nitrogens is 2. The number of benzene rings is 2. The predicted molar refractivity (Wildman–Crippen MR) is 117 cm³/mol. The van der Waals surface area contributed by atoms with E-state index in [-0.39, 0.29) is 0 Å². The van der Waals surface area contributed by atoms with Crippen LogP contribution in [0.2, 0.25) is 0 Å². The molecule has 1 aromatic heterocycles. The zero-order chi connectivity index (χ0) is 19.5. The number of amidine groups is 1. The van der Waals surface area contributed by atoms with Gasteiger partial charge in [0.25, 0.3) is 0 Å². The fraction of sp³-hybridized carbons (Fsp3) is 0.200.